The highest BCUT2D eigenvalue weighted by Crippen LogP contribution is 2.39. The summed E-state index contributed by atoms with van der Waals surface area (Å²) in [6.45, 7) is 10.1. The van der Waals surface area contributed by atoms with Crippen molar-refractivity contribution in [2.24, 2.45) is 5.92 Å². The number of benzene rings is 2. The van der Waals surface area contributed by atoms with Gasteiger partial charge < -0.3 is 28.9 Å². The first-order valence-electron chi connectivity index (χ1n) is 13.3. The second kappa shape index (κ2) is 9.94. The molecule has 0 amide bonds. The lowest BCUT2D eigenvalue weighted by Crippen LogP contribution is -2.36. The Labute approximate surface area is 225 Å². The monoisotopic (exact) mass is 535 g/mol. The summed E-state index contributed by atoms with van der Waals surface area (Å²) in [5.41, 5.74) is 1.48. The molecular formula is C30H31F2N3O4. The second-order valence-corrected chi connectivity index (χ2v) is 10.5. The minimum absolute atomic E-state index is 0.101. The Balaban J connectivity index is 1.13. The highest BCUT2D eigenvalue weighted by molar-refractivity contribution is 5.85. The molecule has 2 saturated heterocycles. The van der Waals surface area contributed by atoms with Gasteiger partial charge >= 0.3 is 0 Å². The highest BCUT2D eigenvalue weighted by Gasteiger charge is 2.28. The first-order chi connectivity index (χ1) is 18.8. The van der Waals surface area contributed by atoms with E-state index in [2.05, 4.69) is 13.2 Å². The summed E-state index contributed by atoms with van der Waals surface area (Å²) in [6, 6.07) is 8.12. The summed E-state index contributed by atoms with van der Waals surface area (Å²) >= 11 is 0. The Kier molecular flexibility index (Phi) is 6.45. The highest BCUT2D eigenvalue weighted by atomic mass is 19.1. The molecule has 0 spiro atoms. The number of aliphatic hydroxyl groups is 1. The standard InChI is InChI=1S/C30H31F2N3O4/c1-18(36)24-16-35(21-3-4-21)27-15-28(25(31)14-23(27)30(24)37)33-9-7-20(8-10-33)17-39-29-6-5-22(13-26(29)32)34-11-12-38-19(34)2/h5-6,13-16,20-21,36H,1-4,7-12,17H2. The van der Waals surface area contributed by atoms with E-state index < -0.39 is 17.1 Å². The maximum absolute atomic E-state index is 15.3. The number of hydrogen-bond donors (Lipinski definition) is 1. The summed E-state index contributed by atoms with van der Waals surface area (Å²) in [5, 5.41) is 10.1. The number of ether oxygens (including phenoxy) is 2. The van der Waals surface area contributed by atoms with E-state index in [1.807, 2.05) is 14.4 Å². The normalized spacial score (nSPS) is 18.1. The number of halogens is 2. The minimum Gasteiger partial charge on any atom is -0.508 e. The van der Waals surface area contributed by atoms with Crippen LogP contribution in [0.3, 0.4) is 0 Å². The summed E-state index contributed by atoms with van der Waals surface area (Å²) in [6.07, 6.45) is 5.11. The molecule has 3 aliphatic rings. The molecule has 2 aromatic carbocycles. The molecule has 3 fully saturated rings. The minimum atomic E-state index is -0.467. The Morgan fingerprint density at radius 3 is 2.49 bits per heavy atom. The van der Waals surface area contributed by atoms with Crippen molar-refractivity contribution in [2.75, 3.05) is 42.6 Å². The number of aromatic nitrogens is 1. The van der Waals surface area contributed by atoms with Crippen LogP contribution >= 0.6 is 0 Å². The molecule has 9 heteroatoms. The van der Waals surface area contributed by atoms with Crippen molar-refractivity contribution >= 4 is 28.0 Å². The number of nitrogens with zero attached hydrogens (tertiary/aromatic N) is 3. The Bertz CT molecular complexity index is 1520. The van der Waals surface area contributed by atoms with Crippen LogP contribution in [-0.2, 0) is 4.74 Å². The van der Waals surface area contributed by atoms with Crippen molar-refractivity contribution in [3.8, 4) is 5.75 Å². The van der Waals surface area contributed by atoms with Crippen molar-refractivity contribution in [1.82, 2.24) is 4.57 Å². The Hall–Kier alpha value is -4.01. The van der Waals surface area contributed by atoms with Crippen molar-refractivity contribution in [3.63, 3.8) is 0 Å². The van der Waals surface area contributed by atoms with E-state index in [0.717, 1.165) is 25.7 Å². The fourth-order valence-electron chi connectivity index (χ4n) is 5.51. The number of piperidine rings is 1. The van der Waals surface area contributed by atoms with Gasteiger partial charge in [0, 0.05) is 42.5 Å². The number of anilines is 2. The second-order valence-electron chi connectivity index (χ2n) is 10.5. The van der Waals surface area contributed by atoms with Crippen LogP contribution in [0, 0.1) is 17.6 Å². The van der Waals surface area contributed by atoms with Gasteiger partial charge in [0.25, 0.3) is 0 Å². The van der Waals surface area contributed by atoms with E-state index in [1.165, 1.54) is 12.1 Å². The molecule has 0 bridgehead atoms. The van der Waals surface area contributed by atoms with Crippen LogP contribution < -0.4 is 20.0 Å². The van der Waals surface area contributed by atoms with E-state index in [4.69, 9.17) is 9.47 Å². The van der Waals surface area contributed by atoms with E-state index in [-0.39, 0.29) is 34.4 Å². The number of aliphatic hydroxyl groups excluding tert-OH is 1. The first-order valence-corrected chi connectivity index (χ1v) is 13.3. The fourth-order valence-corrected chi connectivity index (χ4v) is 5.51. The third-order valence-corrected chi connectivity index (χ3v) is 7.89. The largest absolute Gasteiger partial charge is 0.508 e. The summed E-state index contributed by atoms with van der Waals surface area (Å²) < 4.78 is 43.1. The molecular weight excluding hydrogens is 504 g/mol. The van der Waals surface area contributed by atoms with Crippen LogP contribution in [0.15, 0.2) is 60.4 Å². The summed E-state index contributed by atoms with van der Waals surface area (Å²) in [7, 11) is 0. The first kappa shape index (κ1) is 25.3. The molecule has 39 heavy (non-hydrogen) atoms. The zero-order valence-corrected chi connectivity index (χ0v) is 21.7. The van der Waals surface area contributed by atoms with Gasteiger partial charge in [-0.1, -0.05) is 6.58 Å². The van der Waals surface area contributed by atoms with Gasteiger partial charge in [-0.2, -0.15) is 0 Å². The molecule has 1 saturated carbocycles. The van der Waals surface area contributed by atoms with Gasteiger partial charge in [-0.3, -0.25) is 4.79 Å². The lowest BCUT2D eigenvalue weighted by molar-refractivity contribution is 0.215. The molecule has 1 aliphatic carbocycles. The Morgan fingerprint density at radius 2 is 1.85 bits per heavy atom. The lowest BCUT2D eigenvalue weighted by Gasteiger charge is -2.34. The predicted octanol–water partition coefficient (Wildman–Crippen LogP) is 5.75. The van der Waals surface area contributed by atoms with E-state index in [9.17, 15) is 14.3 Å². The average Bonchev–Trinajstić information content (AvgIpc) is 3.68. The van der Waals surface area contributed by atoms with Crippen molar-refractivity contribution < 1.29 is 23.4 Å². The molecule has 0 radical (unpaired) electrons. The van der Waals surface area contributed by atoms with Crippen molar-refractivity contribution in [2.45, 2.75) is 31.7 Å². The smallest absolute Gasteiger partial charge is 0.200 e. The third kappa shape index (κ3) is 4.82. The van der Waals surface area contributed by atoms with E-state index in [0.29, 0.717) is 55.6 Å². The van der Waals surface area contributed by atoms with Crippen LogP contribution in [0.2, 0.25) is 0 Å². The number of pyridine rings is 1. The number of fused-ring (bicyclic) bond motifs is 1. The molecule has 2 aliphatic heterocycles. The Morgan fingerprint density at radius 1 is 1.08 bits per heavy atom. The maximum atomic E-state index is 15.3. The number of hydrogen-bond acceptors (Lipinski definition) is 6. The summed E-state index contributed by atoms with van der Waals surface area (Å²) in [5.74, 6) is -0.292. The van der Waals surface area contributed by atoms with Gasteiger partial charge in [0.15, 0.2) is 22.9 Å². The van der Waals surface area contributed by atoms with Gasteiger partial charge in [0.05, 0.1) is 29.9 Å². The van der Waals surface area contributed by atoms with Crippen LogP contribution in [-0.4, -0.2) is 42.5 Å². The molecule has 6 rings (SSSR count). The van der Waals surface area contributed by atoms with Gasteiger partial charge in [0.1, 0.15) is 18.2 Å². The fraction of sp³-hybridized carbons (Fsp3) is 0.367. The molecule has 7 nitrogen and oxygen atoms in total. The predicted molar refractivity (Wildman–Crippen MR) is 147 cm³/mol. The van der Waals surface area contributed by atoms with Gasteiger partial charge in [-0.05, 0) is 62.4 Å². The molecule has 0 unspecified atom stereocenters. The topological polar surface area (TPSA) is 67.2 Å². The van der Waals surface area contributed by atoms with Crippen LogP contribution in [0.5, 0.6) is 5.75 Å². The quantitative estimate of drug-likeness (QED) is 0.389. The zero-order chi connectivity index (χ0) is 27.3. The third-order valence-electron chi connectivity index (χ3n) is 7.89. The zero-order valence-electron chi connectivity index (χ0n) is 21.7. The van der Waals surface area contributed by atoms with Gasteiger partial charge in [-0.15, -0.1) is 0 Å². The maximum Gasteiger partial charge on any atom is 0.200 e. The molecule has 1 N–H and O–H groups in total. The lowest BCUT2D eigenvalue weighted by atomic mass is 9.97. The van der Waals surface area contributed by atoms with Crippen molar-refractivity contribution in [3.05, 3.63) is 83.0 Å². The SMILES string of the molecule is C=C(O)c1cn(C2CC2)c2cc(N3CCC(COc4ccc(N5CCOC5=C)cc4F)CC3)c(F)cc2c1=O. The van der Waals surface area contributed by atoms with Crippen LogP contribution in [0.25, 0.3) is 16.7 Å². The molecule has 0 atom stereocenters. The average molecular weight is 536 g/mol. The summed E-state index contributed by atoms with van der Waals surface area (Å²) in [4.78, 5) is 16.7. The van der Waals surface area contributed by atoms with Crippen LogP contribution in [0.4, 0.5) is 20.2 Å². The molecule has 3 aromatic rings. The van der Waals surface area contributed by atoms with E-state index in [1.54, 1.807) is 24.4 Å². The van der Waals surface area contributed by atoms with E-state index >= 15 is 4.39 Å². The molecule has 204 valence electrons. The molecule has 3 heterocycles. The van der Waals surface area contributed by atoms with Crippen LogP contribution in [0.1, 0.15) is 37.3 Å². The van der Waals surface area contributed by atoms with Gasteiger partial charge in [-0.25, -0.2) is 8.78 Å². The van der Waals surface area contributed by atoms with Crippen molar-refractivity contribution in [1.29, 1.82) is 0 Å². The molecule has 1 aromatic heterocycles. The van der Waals surface area contributed by atoms with Gasteiger partial charge in [0.2, 0.25) is 0 Å². The number of rotatable bonds is 7.